The van der Waals surface area contributed by atoms with Gasteiger partial charge in [-0.1, -0.05) is 22.0 Å². The van der Waals surface area contributed by atoms with Crippen LogP contribution in [0.4, 0.5) is 0 Å². The zero-order valence-electron chi connectivity index (χ0n) is 9.95. The molecule has 1 aliphatic heterocycles. The Bertz CT molecular complexity index is 408. The summed E-state index contributed by atoms with van der Waals surface area (Å²) in [6.07, 6.45) is 2.20. The summed E-state index contributed by atoms with van der Waals surface area (Å²) in [7, 11) is 1.93. The largest absolute Gasteiger partial charge is 0.334 e. The zero-order chi connectivity index (χ0) is 12.3. The van der Waals surface area contributed by atoms with Crippen molar-refractivity contribution in [3.05, 3.63) is 34.3 Å². The van der Waals surface area contributed by atoms with E-state index in [2.05, 4.69) is 21.2 Å². The Labute approximate surface area is 110 Å². The van der Waals surface area contributed by atoms with Gasteiger partial charge in [0.2, 0.25) is 0 Å². The Balaban J connectivity index is 2.14. The van der Waals surface area contributed by atoms with Gasteiger partial charge in [-0.25, -0.2) is 0 Å². The highest BCUT2D eigenvalue weighted by Crippen LogP contribution is 2.21. The third kappa shape index (κ3) is 2.87. The van der Waals surface area contributed by atoms with E-state index in [4.69, 9.17) is 0 Å². The van der Waals surface area contributed by atoms with Gasteiger partial charge in [-0.2, -0.15) is 0 Å². The van der Waals surface area contributed by atoms with Gasteiger partial charge in [-0.05, 0) is 38.1 Å². The first kappa shape index (κ1) is 12.6. The van der Waals surface area contributed by atoms with Gasteiger partial charge in [-0.15, -0.1) is 0 Å². The van der Waals surface area contributed by atoms with Crippen LogP contribution in [0.1, 0.15) is 23.2 Å². The van der Waals surface area contributed by atoms with Crippen LogP contribution in [0.25, 0.3) is 0 Å². The second-order valence-electron chi connectivity index (χ2n) is 4.36. The molecule has 1 fully saturated rings. The molecule has 1 N–H and O–H groups in total. The number of hydrogen-bond acceptors (Lipinski definition) is 2. The zero-order valence-corrected chi connectivity index (χ0v) is 11.5. The molecular weight excluding hydrogens is 280 g/mol. The van der Waals surface area contributed by atoms with Gasteiger partial charge in [0, 0.05) is 29.2 Å². The maximum Gasteiger partial charge on any atom is 0.254 e. The third-order valence-corrected chi connectivity index (χ3v) is 3.64. The number of amides is 1. The van der Waals surface area contributed by atoms with E-state index in [1.807, 2.05) is 36.2 Å². The predicted molar refractivity (Wildman–Crippen MR) is 72.1 cm³/mol. The van der Waals surface area contributed by atoms with E-state index in [0.717, 1.165) is 36.0 Å². The van der Waals surface area contributed by atoms with Gasteiger partial charge in [0.15, 0.2) is 0 Å². The molecule has 0 spiro atoms. The Morgan fingerprint density at radius 2 is 2.41 bits per heavy atom. The molecule has 2 rings (SSSR count). The van der Waals surface area contributed by atoms with Crippen LogP contribution in [0, 0.1) is 0 Å². The second-order valence-corrected chi connectivity index (χ2v) is 5.28. The Morgan fingerprint density at radius 3 is 3.12 bits per heavy atom. The lowest BCUT2D eigenvalue weighted by molar-refractivity contribution is 0.0737. The first-order chi connectivity index (χ1) is 8.22. The van der Waals surface area contributed by atoms with Crippen molar-refractivity contribution in [2.24, 2.45) is 0 Å². The van der Waals surface area contributed by atoms with E-state index in [-0.39, 0.29) is 5.91 Å². The molecule has 1 saturated heterocycles. The molecule has 1 atom stereocenters. The van der Waals surface area contributed by atoms with Crippen molar-refractivity contribution >= 4 is 21.8 Å². The van der Waals surface area contributed by atoms with E-state index in [1.165, 1.54) is 0 Å². The van der Waals surface area contributed by atoms with E-state index in [9.17, 15) is 4.79 Å². The topological polar surface area (TPSA) is 32.3 Å². The average Bonchev–Trinajstić information content (AvgIpc) is 2.77. The Morgan fingerprint density at radius 1 is 1.59 bits per heavy atom. The van der Waals surface area contributed by atoms with Crippen LogP contribution in [-0.4, -0.2) is 37.0 Å². The molecule has 0 radical (unpaired) electrons. The molecule has 1 aromatic carbocycles. The summed E-state index contributed by atoms with van der Waals surface area (Å²) in [6.45, 7) is 1.75. The summed E-state index contributed by atoms with van der Waals surface area (Å²) in [5.74, 6) is 0.143. The molecule has 1 heterocycles. The first-order valence-corrected chi connectivity index (χ1v) is 6.73. The fourth-order valence-corrected chi connectivity index (χ4v) is 2.74. The molecule has 0 aliphatic carbocycles. The van der Waals surface area contributed by atoms with Gasteiger partial charge in [-0.3, -0.25) is 4.79 Å². The molecule has 1 amide bonds. The molecule has 0 aromatic heterocycles. The van der Waals surface area contributed by atoms with Crippen molar-refractivity contribution in [2.45, 2.75) is 18.9 Å². The summed E-state index contributed by atoms with van der Waals surface area (Å²) in [5.41, 5.74) is 0.766. The first-order valence-electron chi connectivity index (χ1n) is 5.93. The highest BCUT2D eigenvalue weighted by molar-refractivity contribution is 9.10. The summed E-state index contributed by atoms with van der Waals surface area (Å²) < 4.78 is 0.952. The molecular formula is C13H17BrN2O. The molecule has 0 bridgehead atoms. The lowest BCUT2D eigenvalue weighted by atomic mass is 10.1. The minimum Gasteiger partial charge on any atom is -0.334 e. The van der Waals surface area contributed by atoms with Crippen LogP contribution >= 0.6 is 15.9 Å². The minimum atomic E-state index is 0.143. The number of carbonyl (C=O) groups is 1. The van der Waals surface area contributed by atoms with Crippen molar-refractivity contribution in [3.8, 4) is 0 Å². The number of likely N-dealkylation sites (tertiary alicyclic amines) is 1. The van der Waals surface area contributed by atoms with Crippen LogP contribution in [0.2, 0.25) is 0 Å². The maximum absolute atomic E-state index is 12.4. The minimum absolute atomic E-state index is 0.143. The third-order valence-electron chi connectivity index (χ3n) is 3.15. The molecule has 1 aliphatic rings. The van der Waals surface area contributed by atoms with E-state index in [1.54, 1.807) is 0 Å². The molecule has 0 saturated carbocycles. The number of likely N-dealkylation sites (N-methyl/N-ethyl adjacent to an activating group) is 1. The van der Waals surface area contributed by atoms with E-state index < -0.39 is 0 Å². The summed E-state index contributed by atoms with van der Waals surface area (Å²) in [5, 5.41) is 3.15. The molecule has 1 unspecified atom stereocenters. The lowest BCUT2D eigenvalue weighted by Gasteiger charge is -2.24. The Kier molecular flexibility index (Phi) is 4.18. The van der Waals surface area contributed by atoms with Gasteiger partial charge in [0.25, 0.3) is 5.91 Å². The standard InChI is InChI=1S/C13H17BrN2O/c1-15-9-12-6-3-7-16(12)13(17)10-4-2-5-11(14)8-10/h2,4-5,8,12,15H,3,6-7,9H2,1H3. The van der Waals surface area contributed by atoms with Crippen LogP contribution in [0.5, 0.6) is 0 Å². The number of nitrogens with zero attached hydrogens (tertiary/aromatic N) is 1. The highest BCUT2D eigenvalue weighted by Gasteiger charge is 2.28. The molecule has 1 aromatic rings. The van der Waals surface area contributed by atoms with Crippen molar-refractivity contribution in [1.82, 2.24) is 10.2 Å². The van der Waals surface area contributed by atoms with Crippen LogP contribution < -0.4 is 5.32 Å². The molecule has 4 heteroatoms. The van der Waals surface area contributed by atoms with Crippen LogP contribution in [0.15, 0.2) is 28.7 Å². The lowest BCUT2D eigenvalue weighted by Crippen LogP contribution is -2.40. The van der Waals surface area contributed by atoms with Gasteiger partial charge in [0.1, 0.15) is 0 Å². The highest BCUT2D eigenvalue weighted by atomic mass is 79.9. The monoisotopic (exact) mass is 296 g/mol. The van der Waals surface area contributed by atoms with Crippen LogP contribution in [0.3, 0.4) is 0 Å². The molecule has 17 heavy (non-hydrogen) atoms. The Hall–Kier alpha value is -0.870. The fourth-order valence-electron chi connectivity index (χ4n) is 2.34. The number of nitrogens with one attached hydrogen (secondary N) is 1. The number of halogens is 1. The number of carbonyl (C=O) groups excluding carboxylic acids is 1. The van der Waals surface area contributed by atoms with Gasteiger partial charge >= 0.3 is 0 Å². The second kappa shape index (κ2) is 5.65. The smallest absolute Gasteiger partial charge is 0.254 e. The van der Waals surface area contributed by atoms with Crippen LogP contribution in [-0.2, 0) is 0 Å². The van der Waals surface area contributed by atoms with E-state index in [0.29, 0.717) is 6.04 Å². The number of hydrogen-bond donors (Lipinski definition) is 1. The number of rotatable bonds is 3. The maximum atomic E-state index is 12.4. The van der Waals surface area contributed by atoms with E-state index >= 15 is 0 Å². The fraction of sp³-hybridized carbons (Fsp3) is 0.462. The average molecular weight is 297 g/mol. The summed E-state index contributed by atoms with van der Waals surface area (Å²) >= 11 is 3.40. The molecule has 3 nitrogen and oxygen atoms in total. The normalized spacial score (nSPS) is 19.6. The van der Waals surface area contributed by atoms with Crippen molar-refractivity contribution in [2.75, 3.05) is 20.1 Å². The predicted octanol–water partition coefficient (Wildman–Crippen LogP) is 2.27. The van der Waals surface area contributed by atoms with Crippen molar-refractivity contribution in [3.63, 3.8) is 0 Å². The summed E-state index contributed by atoms with van der Waals surface area (Å²) in [4.78, 5) is 14.3. The van der Waals surface area contributed by atoms with Crippen molar-refractivity contribution < 1.29 is 4.79 Å². The van der Waals surface area contributed by atoms with Gasteiger partial charge < -0.3 is 10.2 Å². The number of benzene rings is 1. The SMILES string of the molecule is CNCC1CCCN1C(=O)c1cccc(Br)c1. The quantitative estimate of drug-likeness (QED) is 0.928. The summed E-state index contributed by atoms with van der Waals surface area (Å²) in [6, 6.07) is 7.94. The van der Waals surface area contributed by atoms with Crippen molar-refractivity contribution in [1.29, 1.82) is 0 Å². The van der Waals surface area contributed by atoms with Gasteiger partial charge in [0.05, 0.1) is 0 Å². The molecule has 92 valence electrons.